The van der Waals surface area contributed by atoms with Gasteiger partial charge in [-0.1, -0.05) is 12.1 Å². The molecule has 27 heavy (non-hydrogen) atoms. The van der Waals surface area contributed by atoms with Gasteiger partial charge in [-0.2, -0.15) is 0 Å². The van der Waals surface area contributed by atoms with E-state index in [0.717, 1.165) is 10.9 Å². The van der Waals surface area contributed by atoms with E-state index in [-0.39, 0.29) is 24.2 Å². The molecule has 0 atom stereocenters. The fourth-order valence-electron chi connectivity index (χ4n) is 2.61. The minimum Gasteiger partial charge on any atom is -0.481 e. The first-order valence-electron chi connectivity index (χ1n) is 8.09. The predicted octanol–water partition coefficient (Wildman–Crippen LogP) is 1.71. The summed E-state index contributed by atoms with van der Waals surface area (Å²) in [7, 11) is 0. The van der Waals surface area contributed by atoms with E-state index in [2.05, 4.69) is 10.3 Å². The van der Waals surface area contributed by atoms with Gasteiger partial charge in [0.05, 0.1) is 6.42 Å². The zero-order valence-electron chi connectivity index (χ0n) is 14.2. The molecule has 0 saturated carbocycles. The van der Waals surface area contributed by atoms with Gasteiger partial charge in [-0.05, 0) is 35.9 Å². The minimum absolute atomic E-state index is 0.209. The number of benzene rings is 2. The van der Waals surface area contributed by atoms with Crippen molar-refractivity contribution in [1.82, 2.24) is 10.3 Å². The van der Waals surface area contributed by atoms with Crippen LogP contribution in [0.1, 0.15) is 15.9 Å². The number of nitrogens with two attached hydrogens (primary N) is 1. The van der Waals surface area contributed by atoms with E-state index in [4.69, 9.17) is 15.6 Å². The van der Waals surface area contributed by atoms with Gasteiger partial charge < -0.3 is 25.9 Å². The summed E-state index contributed by atoms with van der Waals surface area (Å²) in [5.41, 5.74) is 7.36. The van der Waals surface area contributed by atoms with Crippen molar-refractivity contribution < 1.29 is 24.2 Å². The van der Waals surface area contributed by atoms with E-state index in [1.807, 2.05) is 24.3 Å². The molecule has 138 valence electrons. The predicted molar refractivity (Wildman–Crippen MR) is 98.5 cm³/mol. The van der Waals surface area contributed by atoms with E-state index in [1.165, 1.54) is 18.2 Å². The third-order valence-corrected chi connectivity index (χ3v) is 3.92. The number of ether oxygens (including phenoxy) is 1. The number of aromatic amines is 1. The maximum atomic E-state index is 12.2. The van der Waals surface area contributed by atoms with Crippen LogP contribution >= 0.6 is 0 Å². The number of fused-ring (bicyclic) bond motifs is 1. The Kier molecular flexibility index (Phi) is 5.07. The lowest BCUT2D eigenvalue weighted by Crippen LogP contribution is -2.32. The van der Waals surface area contributed by atoms with Crippen molar-refractivity contribution in [1.29, 1.82) is 0 Å². The average Bonchev–Trinajstić information content (AvgIpc) is 3.04. The molecule has 8 nitrogen and oxygen atoms in total. The zero-order valence-corrected chi connectivity index (χ0v) is 14.2. The van der Waals surface area contributed by atoms with Gasteiger partial charge in [0.1, 0.15) is 6.54 Å². The smallest absolute Gasteiger partial charge is 0.330 e. The van der Waals surface area contributed by atoms with Gasteiger partial charge in [0, 0.05) is 28.4 Å². The molecular weight excluding hydrogens is 350 g/mol. The maximum absolute atomic E-state index is 12.2. The molecule has 0 saturated heterocycles. The number of carboxylic acids is 1. The van der Waals surface area contributed by atoms with Crippen LogP contribution < -0.4 is 15.8 Å². The first-order valence-corrected chi connectivity index (χ1v) is 8.09. The lowest BCUT2D eigenvalue weighted by atomic mass is 10.1. The Bertz CT molecular complexity index is 1030. The second-order valence-corrected chi connectivity index (χ2v) is 5.84. The number of anilines is 1. The summed E-state index contributed by atoms with van der Waals surface area (Å²) in [5, 5.41) is 12.1. The van der Waals surface area contributed by atoms with Crippen LogP contribution in [0.4, 0.5) is 5.69 Å². The van der Waals surface area contributed by atoms with Crippen molar-refractivity contribution in [3.8, 4) is 5.75 Å². The van der Waals surface area contributed by atoms with Crippen LogP contribution in [0.5, 0.6) is 5.75 Å². The first-order chi connectivity index (χ1) is 12.9. The Hall–Kier alpha value is -3.81. The minimum atomic E-state index is -1.05. The number of aromatic nitrogens is 1. The number of para-hydroxylation sites is 1. The number of hydrogen-bond acceptors (Lipinski definition) is 5. The van der Waals surface area contributed by atoms with Gasteiger partial charge in [0.25, 0.3) is 5.91 Å². The third kappa shape index (κ3) is 4.24. The Labute approximate surface area is 153 Å². The molecule has 0 unspecified atom stereocenters. The lowest BCUT2D eigenvalue weighted by Gasteiger charge is -2.08. The molecule has 0 radical (unpaired) electrons. The standard InChI is InChI=1S/C19H17N3O5/c20-14-6-5-11(7-12(14)8-17(23)24)19(26)22-10-18(25)27-16-9-21-15-4-2-1-3-13(15)16/h1-7,9,21H,8,10,20H2,(H,22,26)(H,23,24). The van der Waals surface area contributed by atoms with Gasteiger partial charge in [-0.15, -0.1) is 0 Å². The van der Waals surface area contributed by atoms with Crippen molar-refractivity contribution in [2.24, 2.45) is 0 Å². The summed E-state index contributed by atoms with van der Waals surface area (Å²) < 4.78 is 5.27. The number of carboxylic acid groups (broad SMARTS) is 1. The molecule has 1 amide bonds. The molecule has 1 heterocycles. The Balaban J connectivity index is 1.62. The SMILES string of the molecule is Nc1ccc(C(=O)NCC(=O)Oc2c[nH]c3ccccc23)cc1CC(=O)O. The van der Waals surface area contributed by atoms with E-state index in [1.54, 1.807) is 6.20 Å². The summed E-state index contributed by atoms with van der Waals surface area (Å²) >= 11 is 0. The van der Waals surface area contributed by atoms with Gasteiger partial charge >= 0.3 is 11.9 Å². The fraction of sp³-hybridized carbons (Fsp3) is 0.105. The van der Waals surface area contributed by atoms with E-state index < -0.39 is 17.8 Å². The number of carbonyl (C=O) groups is 3. The van der Waals surface area contributed by atoms with Crippen molar-refractivity contribution in [2.45, 2.75) is 6.42 Å². The van der Waals surface area contributed by atoms with Crippen LogP contribution in [0.15, 0.2) is 48.7 Å². The van der Waals surface area contributed by atoms with Gasteiger partial charge in [-0.25, -0.2) is 4.79 Å². The van der Waals surface area contributed by atoms with Crippen LogP contribution in [-0.4, -0.2) is 34.5 Å². The largest absolute Gasteiger partial charge is 0.481 e. The third-order valence-electron chi connectivity index (χ3n) is 3.92. The molecule has 8 heteroatoms. The highest BCUT2D eigenvalue weighted by Crippen LogP contribution is 2.24. The molecule has 3 rings (SSSR count). The monoisotopic (exact) mass is 367 g/mol. The van der Waals surface area contributed by atoms with E-state index >= 15 is 0 Å². The van der Waals surface area contributed by atoms with Crippen LogP contribution in [0.25, 0.3) is 10.9 Å². The maximum Gasteiger partial charge on any atom is 0.330 e. The average molecular weight is 367 g/mol. The molecule has 5 N–H and O–H groups in total. The molecule has 0 fully saturated rings. The van der Waals surface area contributed by atoms with Crippen molar-refractivity contribution in [2.75, 3.05) is 12.3 Å². The summed E-state index contributed by atoms with van der Waals surface area (Å²) in [6.45, 7) is -0.336. The topological polar surface area (TPSA) is 135 Å². The number of nitrogens with one attached hydrogen (secondary N) is 2. The summed E-state index contributed by atoms with van der Waals surface area (Å²) in [6.07, 6.45) is 1.28. The van der Waals surface area contributed by atoms with Gasteiger partial charge in [-0.3, -0.25) is 9.59 Å². The number of esters is 1. The summed E-state index contributed by atoms with van der Waals surface area (Å²) in [6, 6.07) is 11.7. The number of nitrogen functional groups attached to an aromatic ring is 1. The van der Waals surface area contributed by atoms with Crippen molar-refractivity contribution >= 4 is 34.4 Å². The van der Waals surface area contributed by atoms with Crippen molar-refractivity contribution in [3.05, 3.63) is 59.8 Å². The van der Waals surface area contributed by atoms with E-state index in [9.17, 15) is 14.4 Å². The number of carbonyl (C=O) groups excluding carboxylic acids is 2. The fourth-order valence-corrected chi connectivity index (χ4v) is 2.61. The molecular formula is C19H17N3O5. The highest BCUT2D eigenvalue weighted by Gasteiger charge is 2.14. The molecule has 1 aromatic heterocycles. The van der Waals surface area contributed by atoms with Gasteiger partial charge in [0.15, 0.2) is 5.75 Å². The molecule has 0 aliphatic carbocycles. The molecule has 0 aliphatic heterocycles. The second-order valence-electron chi connectivity index (χ2n) is 5.84. The van der Waals surface area contributed by atoms with Crippen LogP contribution in [0, 0.1) is 0 Å². The van der Waals surface area contributed by atoms with Crippen LogP contribution in [0.3, 0.4) is 0 Å². The number of H-pyrrole nitrogens is 1. The van der Waals surface area contributed by atoms with Gasteiger partial charge in [0.2, 0.25) is 0 Å². The lowest BCUT2D eigenvalue weighted by molar-refractivity contribution is -0.136. The zero-order chi connectivity index (χ0) is 19.4. The Morgan fingerprint density at radius 1 is 1.15 bits per heavy atom. The Morgan fingerprint density at radius 2 is 1.93 bits per heavy atom. The number of rotatable bonds is 6. The quantitative estimate of drug-likeness (QED) is 0.387. The molecule has 0 spiro atoms. The van der Waals surface area contributed by atoms with Crippen molar-refractivity contribution in [3.63, 3.8) is 0 Å². The first kappa shape index (κ1) is 18.0. The highest BCUT2D eigenvalue weighted by atomic mass is 16.5. The normalized spacial score (nSPS) is 10.5. The Morgan fingerprint density at radius 3 is 2.70 bits per heavy atom. The molecule has 0 aliphatic rings. The van der Waals surface area contributed by atoms with Crippen LogP contribution in [-0.2, 0) is 16.0 Å². The number of amides is 1. The van der Waals surface area contributed by atoms with E-state index in [0.29, 0.717) is 11.3 Å². The molecule has 0 bridgehead atoms. The molecule has 2 aromatic carbocycles. The summed E-state index contributed by atoms with van der Waals surface area (Å²) in [4.78, 5) is 38.0. The molecule has 3 aromatic rings. The number of hydrogen-bond donors (Lipinski definition) is 4. The second kappa shape index (κ2) is 7.61. The van der Waals surface area contributed by atoms with Crippen LogP contribution in [0.2, 0.25) is 0 Å². The summed E-state index contributed by atoms with van der Waals surface area (Å²) in [5.74, 6) is -1.84. The number of aliphatic carboxylic acids is 1. The highest BCUT2D eigenvalue weighted by molar-refractivity contribution is 5.97.